The summed E-state index contributed by atoms with van der Waals surface area (Å²) in [6.45, 7) is 11.8. The molecular formula is C14H26O3. The first-order valence-electron chi connectivity index (χ1n) is 6.68. The summed E-state index contributed by atoms with van der Waals surface area (Å²) >= 11 is 0. The first-order valence-corrected chi connectivity index (χ1v) is 6.68. The molecule has 0 spiro atoms. The summed E-state index contributed by atoms with van der Waals surface area (Å²) in [6.07, 6.45) is 4.18. The predicted octanol–water partition coefficient (Wildman–Crippen LogP) is 3.00. The summed E-state index contributed by atoms with van der Waals surface area (Å²) in [5.41, 5.74) is 0. The van der Waals surface area contributed by atoms with Crippen molar-refractivity contribution < 1.29 is 14.2 Å². The minimum atomic E-state index is -0.230. The molecular weight excluding hydrogens is 216 g/mol. The Balaban J connectivity index is 2.30. The molecule has 1 aliphatic rings. The number of ether oxygens (including phenoxy) is 3. The minimum Gasteiger partial charge on any atom is -0.372 e. The van der Waals surface area contributed by atoms with Crippen molar-refractivity contribution in [3.8, 4) is 0 Å². The van der Waals surface area contributed by atoms with Gasteiger partial charge in [0, 0.05) is 13.2 Å². The normalized spacial score (nSPS) is 24.9. The number of hydrogen-bond acceptors (Lipinski definition) is 3. The van der Waals surface area contributed by atoms with Crippen LogP contribution in [0.25, 0.3) is 0 Å². The molecule has 0 heterocycles. The van der Waals surface area contributed by atoms with Gasteiger partial charge in [-0.25, -0.2) is 0 Å². The van der Waals surface area contributed by atoms with Crippen molar-refractivity contribution in [2.24, 2.45) is 11.8 Å². The van der Waals surface area contributed by atoms with Gasteiger partial charge < -0.3 is 14.2 Å². The lowest BCUT2D eigenvalue weighted by molar-refractivity contribution is -0.177. The zero-order valence-corrected chi connectivity index (χ0v) is 11.4. The molecule has 3 unspecified atom stereocenters. The smallest absolute Gasteiger partial charge is 0.180 e. The Labute approximate surface area is 105 Å². The molecule has 0 aromatic rings. The third-order valence-electron chi connectivity index (χ3n) is 3.20. The Kier molecular flexibility index (Phi) is 6.78. The van der Waals surface area contributed by atoms with Gasteiger partial charge in [-0.3, -0.25) is 0 Å². The molecule has 3 nitrogen and oxygen atoms in total. The van der Waals surface area contributed by atoms with Crippen LogP contribution in [0.3, 0.4) is 0 Å². The van der Waals surface area contributed by atoms with Crippen molar-refractivity contribution >= 4 is 0 Å². The van der Waals surface area contributed by atoms with E-state index in [0.29, 0.717) is 25.7 Å². The maximum atomic E-state index is 5.92. The molecule has 0 radical (unpaired) electrons. The molecule has 0 N–H and O–H groups in total. The van der Waals surface area contributed by atoms with Gasteiger partial charge in [-0.2, -0.15) is 0 Å². The Morgan fingerprint density at radius 3 is 2.24 bits per heavy atom. The van der Waals surface area contributed by atoms with Gasteiger partial charge in [0.05, 0.1) is 12.7 Å². The fourth-order valence-electron chi connectivity index (χ4n) is 2.12. The van der Waals surface area contributed by atoms with Crippen molar-refractivity contribution in [2.45, 2.75) is 46.0 Å². The summed E-state index contributed by atoms with van der Waals surface area (Å²) in [5, 5.41) is 0. The Morgan fingerprint density at radius 1 is 1.24 bits per heavy atom. The van der Waals surface area contributed by atoms with Gasteiger partial charge in [0.2, 0.25) is 0 Å². The molecule has 0 aliphatic heterocycles. The number of hydrogen-bond donors (Lipinski definition) is 0. The van der Waals surface area contributed by atoms with Gasteiger partial charge in [-0.15, -0.1) is 6.58 Å². The van der Waals surface area contributed by atoms with E-state index in [0.717, 1.165) is 12.3 Å². The van der Waals surface area contributed by atoms with Gasteiger partial charge in [-0.05, 0) is 38.5 Å². The van der Waals surface area contributed by atoms with Crippen LogP contribution in [0.1, 0.15) is 33.6 Å². The molecule has 1 rings (SSSR count). The molecule has 1 aliphatic carbocycles. The van der Waals surface area contributed by atoms with E-state index in [2.05, 4.69) is 13.5 Å². The third-order valence-corrected chi connectivity index (χ3v) is 3.20. The maximum absolute atomic E-state index is 5.92. The minimum absolute atomic E-state index is 0.230. The molecule has 0 amide bonds. The van der Waals surface area contributed by atoms with E-state index in [-0.39, 0.29) is 12.4 Å². The average Bonchev–Trinajstić information content (AvgIpc) is 3.02. The van der Waals surface area contributed by atoms with E-state index < -0.39 is 0 Å². The third kappa shape index (κ3) is 5.19. The molecule has 1 fully saturated rings. The summed E-state index contributed by atoms with van der Waals surface area (Å²) in [6, 6.07) is 0. The van der Waals surface area contributed by atoms with Crippen LogP contribution >= 0.6 is 0 Å². The second-order valence-corrected chi connectivity index (χ2v) is 4.61. The largest absolute Gasteiger partial charge is 0.372 e. The maximum Gasteiger partial charge on any atom is 0.180 e. The van der Waals surface area contributed by atoms with Gasteiger partial charge in [-0.1, -0.05) is 13.0 Å². The summed E-state index contributed by atoms with van der Waals surface area (Å²) in [7, 11) is 0. The van der Waals surface area contributed by atoms with Crippen LogP contribution in [0.4, 0.5) is 0 Å². The second-order valence-electron chi connectivity index (χ2n) is 4.61. The van der Waals surface area contributed by atoms with Crippen LogP contribution in [0.2, 0.25) is 0 Å². The van der Waals surface area contributed by atoms with Gasteiger partial charge >= 0.3 is 0 Å². The lowest BCUT2D eigenvalue weighted by Crippen LogP contribution is -2.28. The van der Waals surface area contributed by atoms with Crippen LogP contribution < -0.4 is 0 Å². The van der Waals surface area contributed by atoms with Crippen molar-refractivity contribution in [2.75, 3.05) is 19.8 Å². The standard InChI is InChI=1S/C14H26O3/c1-5-8-13(12-9-11(12)4)17-10-14(15-6-2)16-7-3/h5,11-14H,1,6-10H2,2-4H3. The van der Waals surface area contributed by atoms with E-state index in [4.69, 9.17) is 14.2 Å². The second kappa shape index (κ2) is 7.85. The molecule has 17 heavy (non-hydrogen) atoms. The highest BCUT2D eigenvalue weighted by Gasteiger charge is 2.39. The van der Waals surface area contributed by atoms with Crippen LogP contribution in [-0.2, 0) is 14.2 Å². The highest BCUT2D eigenvalue weighted by atomic mass is 16.7. The van der Waals surface area contributed by atoms with Crippen molar-refractivity contribution in [1.82, 2.24) is 0 Å². The molecule has 0 bridgehead atoms. The molecule has 0 aromatic carbocycles. The van der Waals surface area contributed by atoms with Crippen LogP contribution in [0.15, 0.2) is 12.7 Å². The lowest BCUT2D eigenvalue weighted by Gasteiger charge is -2.21. The molecule has 0 saturated heterocycles. The van der Waals surface area contributed by atoms with E-state index in [9.17, 15) is 0 Å². The average molecular weight is 242 g/mol. The van der Waals surface area contributed by atoms with Crippen LogP contribution in [0, 0.1) is 11.8 Å². The van der Waals surface area contributed by atoms with Crippen molar-refractivity contribution in [3.63, 3.8) is 0 Å². The Bertz CT molecular complexity index is 212. The summed E-state index contributed by atoms with van der Waals surface area (Å²) in [5.74, 6) is 1.48. The first-order chi connectivity index (χ1) is 8.22. The van der Waals surface area contributed by atoms with E-state index in [1.54, 1.807) is 0 Å². The highest BCUT2D eigenvalue weighted by Crippen LogP contribution is 2.43. The monoisotopic (exact) mass is 242 g/mol. The van der Waals surface area contributed by atoms with Crippen LogP contribution in [0.5, 0.6) is 0 Å². The van der Waals surface area contributed by atoms with Crippen molar-refractivity contribution in [1.29, 1.82) is 0 Å². The molecule has 1 saturated carbocycles. The summed E-state index contributed by atoms with van der Waals surface area (Å²) < 4.78 is 16.9. The molecule has 3 heteroatoms. The quantitative estimate of drug-likeness (QED) is 0.435. The van der Waals surface area contributed by atoms with Crippen LogP contribution in [-0.4, -0.2) is 32.2 Å². The molecule has 0 aromatic heterocycles. The predicted molar refractivity (Wildman–Crippen MR) is 68.9 cm³/mol. The van der Waals surface area contributed by atoms with Gasteiger partial charge in [0.1, 0.15) is 0 Å². The Hall–Kier alpha value is -0.380. The van der Waals surface area contributed by atoms with E-state index in [1.165, 1.54) is 6.42 Å². The number of rotatable bonds is 10. The zero-order chi connectivity index (χ0) is 12.7. The topological polar surface area (TPSA) is 27.7 Å². The highest BCUT2D eigenvalue weighted by molar-refractivity contribution is 4.92. The van der Waals surface area contributed by atoms with Gasteiger partial charge in [0.15, 0.2) is 6.29 Å². The lowest BCUT2D eigenvalue weighted by atomic mass is 10.1. The molecule has 100 valence electrons. The Morgan fingerprint density at radius 2 is 1.82 bits per heavy atom. The van der Waals surface area contributed by atoms with Crippen molar-refractivity contribution in [3.05, 3.63) is 12.7 Å². The fraction of sp³-hybridized carbons (Fsp3) is 0.857. The van der Waals surface area contributed by atoms with E-state index >= 15 is 0 Å². The van der Waals surface area contributed by atoms with E-state index in [1.807, 2.05) is 19.9 Å². The zero-order valence-electron chi connectivity index (χ0n) is 11.4. The SMILES string of the molecule is C=CCC(OCC(OCC)OCC)C1CC1C. The molecule has 3 atom stereocenters. The van der Waals surface area contributed by atoms with Gasteiger partial charge in [0.25, 0.3) is 0 Å². The summed E-state index contributed by atoms with van der Waals surface area (Å²) in [4.78, 5) is 0. The fourth-order valence-corrected chi connectivity index (χ4v) is 2.12. The first kappa shape index (κ1) is 14.7.